The Labute approximate surface area is 321 Å². The predicted octanol–water partition coefficient (Wildman–Crippen LogP) is 4.18. The van der Waals surface area contributed by atoms with Gasteiger partial charge in [-0.05, 0) is 97.6 Å². The number of likely N-dealkylation sites (tertiary alicyclic amines) is 2. The van der Waals surface area contributed by atoms with Crippen molar-refractivity contribution >= 4 is 46.7 Å². The fourth-order valence-corrected chi connectivity index (χ4v) is 10.4. The first-order chi connectivity index (χ1) is 26.0. The molecule has 12 heteroatoms. The summed E-state index contributed by atoms with van der Waals surface area (Å²) < 4.78 is 0. The molecule has 0 radical (unpaired) electrons. The molecule has 5 fully saturated rings. The number of hydrogen-bond donors (Lipinski definition) is 3. The number of nitrogens with zero attached hydrogens (tertiary/aromatic N) is 2. The first-order valence-electron chi connectivity index (χ1n) is 20.2. The highest BCUT2D eigenvalue weighted by Crippen LogP contribution is 2.49. The Bertz CT molecular complexity index is 1770. The molecule has 8 rings (SSSR count). The first kappa shape index (κ1) is 36.9. The lowest BCUT2D eigenvalue weighted by atomic mass is 9.66. The van der Waals surface area contributed by atoms with Gasteiger partial charge in [0.05, 0.1) is 16.5 Å². The number of hydrogen-bond acceptors (Lipinski definition) is 7. The number of carbonyl (C=O) groups excluding carboxylic acids is 6. The predicted molar refractivity (Wildman–Crippen MR) is 203 cm³/mol. The van der Waals surface area contributed by atoms with Gasteiger partial charge in [0.15, 0.2) is 0 Å². The fraction of sp³-hybridized carbons (Fsp3) is 0.619. The van der Waals surface area contributed by atoms with E-state index in [0.29, 0.717) is 49.9 Å². The van der Waals surface area contributed by atoms with Crippen molar-refractivity contribution in [2.75, 3.05) is 6.54 Å². The van der Waals surface area contributed by atoms with Gasteiger partial charge in [-0.2, -0.15) is 0 Å². The summed E-state index contributed by atoms with van der Waals surface area (Å²) in [5.74, 6) is -2.15. The molecule has 5 atom stereocenters. The number of β-lactam (4-membered cyclic amide) rings is 1. The third kappa shape index (κ3) is 7.10. The standard InChI is InChI=1S/C42H53N5O6S/c1-24(2)29-22-32(37(49)44-31(19-25-12-13-25)35(48)39(51)43-30-14-15-30)46(23-29)40(52)34(28-20-26-9-4-5-10-27(26)21-28)47-41(53)36(42(47)16-6-3-7-17-42)45-38(50)33-11-8-18-54-33/h4-5,8-11,18,24-25,28-32,34,36H,3,6-7,12-17,19-23H2,1-2H3,(H,43,51)(H,44,49)(H,45,50)/t29-,31?,32+,34+,36-/m1/s1. The highest BCUT2D eigenvalue weighted by atomic mass is 32.1. The Balaban J connectivity index is 1.10. The minimum Gasteiger partial charge on any atom is -0.347 e. The van der Waals surface area contributed by atoms with Gasteiger partial charge in [-0.25, -0.2) is 0 Å². The number of thiophene rings is 1. The second kappa shape index (κ2) is 14.9. The number of Topliss-reactive ketones (excluding diaryl/α,β-unsaturated/α-hetero) is 1. The van der Waals surface area contributed by atoms with Gasteiger partial charge in [-0.15, -0.1) is 11.3 Å². The molecule has 0 bridgehead atoms. The summed E-state index contributed by atoms with van der Waals surface area (Å²) in [5, 5.41) is 10.7. The molecule has 1 aromatic carbocycles. The third-order valence-corrected chi connectivity index (χ3v) is 14.1. The van der Waals surface area contributed by atoms with E-state index < -0.39 is 47.3 Å². The topological polar surface area (TPSA) is 145 Å². The van der Waals surface area contributed by atoms with E-state index in [2.05, 4.69) is 41.9 Å². The van der Waals surface area contributed by atoms with E-state index in [1.165, 1.54) is 11.3 Å². The van der Waals surface area contributed by atoms with E-state index in [1.54, 1.807) is 11.0 Å². The van der Waals surface area contributed by atoms with E-state index in [-0.39, 0.29) is 47.4 Å². The van der Waals surface area contributed by atoms with E-state index in [9.17, 15) is 24.0 Å². The Kier molecular flexibility index (Phi) is 10.2. The molecule has 288 valence electrons. The van der Waals surface area contributed by atoms with Crippen molar-refractivity contribution in [2.45, 2.75) is 133 Å². The maximum absolute atomic E-state index is 15.5. The molecule has 2 aromatic rings. The van der Waals surface area contributed by atoms with Crippen LogP contribution in [0.25, 0.3) is 0 Å². The zero-order valence-electron chi connectivity index (χ0n) is 31.4. The van der Waals surface area contributed by atoms with Gasteiger partial charge in [0.2, 0.25) is 23.5 Å². The molecule has 6 aliphatic rings. The van der Waals surface area contributed by atoms with E-state index >= 15 is 4.79 Å². The Morgan fingerprint density at radius 2 is 1.59 bits per heavy atom. The summed E-state index contributed by atoms with van der Waals surface area (Å²) in [6, 6.07) is 8.43. The molecule has 54 heavy (non-hydrogen) atoms. The van der Waals surface area contributed by atoms with Gasteiger partial charge in [0.1, 0.15) is 18.1 Å². The average molecular weight is 756 g/mol. The van der Waals surface area contributed by atoms with Crippen molar-refractivity contribution in [3.63, 3.8) is 0 Å². The SMILES string of the molecule is CC(C)[C@@H]1C[C@@H](C(=O)NC(CC2CC2)C(=O)C(=O)NC2CC2)N(C(=O)[C@H](C2Cc3ccccc3C2)N2C(=O)[C@@H](NC(=O)c3cccs3)C23CCCCC3)C1. The molecule has 1 aromatic heterocycles. The van der Waals surface area contributed by atoms with Gasteiger partial charge in [0.25, 0.3) is 11.8 Å². The summed E-state index contributed by atoms with van der Waals surface area (Å²) >= 11 is 1.33. The van der Waals surface area contributed by atoms with Crippen molar-refractivity contribution in [3.8, 4) is 0 Å². The normalized spacial score (nSPS) is 25.9. The molecule has 2 saturated heterocycles. The number of nitrogens with one attached hydrogen (secondary N) is 3. The van der Waals surface area contributed by atoms with Gasteiger partial charge in [0, 0.05) is 12.6 Å². The number of amides is 5. The van der Waals surface area contributed by atoms with Crippen LogP contribution in [-0.2, 0) is 36.8 Å². The smallest absolute Gasteiger partial charge is 0.289 e. The molecule has 3 heterocycles. The van der Waals surface area contributed by atoms with Crippen LogP contribution in [0.15, 0.2) is 41.8 Å². The highest BCUT2D eigenvalue weighted by Gasteiger charge is 2.65. The Hall–Kier alpha value is -4.06. The number of benzene rings is 1. The number of carbonyl (C=O) groups is 6. The van der Waals surface area contributed by atoms with Crippen molar-refractivity contribution < 1.29 is 28.8 Å². The third-order valence-electron chi connectivity index (χ3n) is 13.2. The zero-order chi connectivity index (χ0) is 37.7. The summed E-state index contributed by atoms with van der Waals surface area (Å²) in [4.78, 5) is 88.3. The van der Waals surface area contributed by atoms with Crippen molar-refractivity contribution in [3.05, 3.63) is 57.8 Å². The fourth-order valence-electron chi connectivity index (χ4n) is 9.76. The Morgan fingerprint density at radius 3 is 2.20 bits per heavy atom. The highest BCUT2D eigenvalue weighted by molar-refractivity contribution is 7.12. The van der Waals surface area contributed by atoms with Crippen molar-refractivity contribution in [1.29, 1.82) is 0 Å². The van der Waals surface area contributed by atoms with Crippen molar-refractivity contribution in [1.82, 2.24) is 25.8 Å². The molecular weight excluding hydrogens is 703 g/mol. The minimum absolute atomic E-state index is 0.0208. The number of rotatable bonds is 13. The maximum Gasteiger partial charge on any atom is 0.289 e. The van der Waals surface area contributed by atoms with E-state index in [0.717, 1.165) is 56.1 Å². The lowest BCUT2D eigenvalue weighted by molar-refractivity contribution is -0.183. The molecule has 5 amide bonds. The maximum atomic E-state index is 15.5. The quantitative estimate of drug-likeness (QED) is 0.207. The monoisotopic (exact) mass is 755 g/mol. The molecule has 3 saturated carbocycles. The van der Waals surface area contributed by atoms with Crippen LogP contribution >= 0.6 is 11.3 Å². The lowest BCUT2D eigenvalue weighted by Gasteiger charge is -2.62. The van der Waals surface area contributed by atoms with Crippen LogP contribution in [0.1, 0.15) is 105 Å². The lowest BCUT2D eigenvalue weighted by Crippen LogP contribution is -2.83. The summed E-state index contributed by atoms with van der Waals surface area (Å²) in [6.07, 6.45) is 9.88. The number of fused-ring (bicyclic) bond motifs is 1. The summed E-state index contributed by atoms with van der Waals surface area (Å²) in [5.41, 5.74) is 1.62. The second-order valence-electron chi connectivity index (χ2n) is 17.2. The summed E-state index contributed by atoms with van der Waals surface area (Å²) in [6.45, 7) is 4.55. The van der Waals surface area contributed by atoms with Crippen LogP contribution in [0.4, 0.5) is 0 Å². The average Bonchev–Trinajstić information content (AvgIpc) is 3.97. The molecular formula is C42H53N5O6S. The first-order valence-corrected chi connectivity index (χ1v) is 21.1. The zero-order valence-corrected chi connectivity index (χ0v) is 32.2. The van der Waals surface area contributed by atoms with Gasteiger partial charge in [-0.1, -0.05) is 76.3 Å². The molecule has 4 aliphatic carbocycles. The molecule has 11 nitrogen and oxygen atoms in total. The molecule has 2 aliphatic heterocycles. The van der Waals surface area contributed by atoms with E-state index in [4.69, 9.17) is 0 Å². The van der Waals surface area contributed by atoms with Crippen LogP contribution in [0.3, 0.4) is 0 Å². The van der Waals surface area contributed by atoms with Gasteiger partial charge < -0.3 is 25.8 Å². The van der Waals surface area contributed by atoms with Crippen molar-refractivity contribution in [2.24, 2.45) is 23.7 Å². The second-order valence-corrected chi connectivity index (χ2v) is 18.2. The largest absolute Gasteiger partial charge is 0.347 e. The molecule has 3 N–H and O–H groups in total. The number of ketones is 1. The molecule has 1 spiro atoms. The summed E-state index contributed by atoms with van der Waals surface area (Å²) in [7, 11) is 0. The van der Waals surface area contributed by atoms with E-state index in [1.807, 2.05) is 28.5 Å². The molecule has 1 unspecified atom stereocenters. The van der Waals surface area contributed by atoms with Crippen LogP contribution < -0.4 is 16.0 Å². The van der Waals surface area contributed by atoms with Gasteiger partial charge >= 0.3 is 0 Å². The van der Waals surface area contributed by atoms with Gasteiger partial charge in [-0.3, -0.25) is 28.8 Å². The minimum atomic E-state index is -0.950. The Morgan fingerprint density at radius 1 is 0.889 bits per heavy atom. The van der Waals surface area contributed by atoms with Crippen LogP contribution in [0.2, 0.25) is 0 Å². The van der Waals surface area contributed by atoms with Crippen LogP contribution in [0, 0.1) is 23.7 Å². The van der Waals surface area contributed by atoms with Crippen LogP contribution in [-0.4, -0.2) is 87.4 Å². The van der Waals surface area contributed by atoms with Crippen LogP contribution in [0.5, 0.6) is 0 Å².